The second kappa shape index (κ2) is 7.97. The van der Waals surface area contributed by atoms with Gasteiger partial charge < -0.3 is 0 Å². The van der Waals surface area contributed by atoms with Crippen LogP contribution in [-0.2, 0) is 11.3 Å². The average molecular weight is 413 g/mol. The zero-order chi connectivity index (χ0) is 18.5. The van der Waals surface area contributed by atoms with E-state index in [1.54, 1.807) is 24.3 Å². The van der Waals surface area contributed by atoms with Crippen LogP contribution in [0.3, 0.4) is 0 Å². The van der Waals surface area contributed by atoms with Crippen molar-refractivity contribution >= 4 is 44.8 Å². The van der Waals surface area contributed by atoms with Gasteiger partial charge in [-0.1, -0.05) is 40.2 Å². The number of nitrogens with one attached hydrogen (secondary N) is 2. The lowest BCUT2D eigenvalue weighted by molar-refractivity contribution is -0.116. The van der Waals surface area contributed by atoms with Crippen LogP contribution in [-0.4, -0.2) is 15.5 Å². The van der Waals surface area contributed by atoms with Crippen molar-refractivity contribution in [3.63, 3.8) is 0 Å². The molecule has 0 radical (unpaired) electrons. The highest BCUT2D eigenvalue weighted by atomic mass is 79.9. The number of fused-ring (bicyclic) bond motifs is 1. The number of benzene rings is 2. The Kier molecular flexibility index (Phi) is 5.48. The number of aromatic nitrogens is 2. The van der Waals surface area contributed by atoms with E-state index in [-0.39, 0.29) is 11.5 Å². The van der Waals surface area contributed by atoms with Crippen LogP contribution in [0.15, 0.2) is 63.9 Å². The van der Waals surface area contributed by atoms with Gasteiger partial charge in [0.1, 0.15) is 0 Å². The van der Waals surface area contributed by atoms with Crippen LogP contribution < -0.4 is 16.4 Å². The number of hydrazine groups is 1. The summed E-state index contributed by atoms with van der Waals surface area (Å²) in [5.41, 5.74) is 6.59. The number of nitrogens with zero attached hydrogens (tertiary/aromatic N) is 2. The third-order valence-electron chi connectivity index (χ3n) is 3.75. The molecule has 1 heterocycles. The zero-order valence-corrected chi connectivity index (χ0v) is 15.7. The molecule has 0 aliphatic carbocycles. The lowest BCUT2D eigenvalue weighted by atomic mass is 10.2. The van der Waals surface area contributed by atoms with Crippen LogP contribution >= 0.6 is 15.9 Å². The molecular weight excluding hydrogens is 396 g/mol. The van der Waals surface area contributed by atoms with E-state index in [4.69, 9.17) is 0 Å². The minimum atomic E-state index is -0.352. The quantitative estimate of drug-likeness (QED) is 0.497. The molecule has 132 valence electrons. The first-order valence-electron chi connectivity index (χ1n) is 8.07. The van der Waals surface area contributed by atoms with Crippen molar-refractivity contribution < 1.29 is 4.79 Å². The maximum atomic E-state index is 12.5. The van der Waals surface area contributed by atoms with E-state index in [0.29, 0.717) is 23.4 Å². The van der Waals surface area contributed by atoms with Gasteiger partial charge in [-0.3, -0.25) is 25.0 Å². The molecule has 7 heteroatoms. The molecule has 1 aromatic heterocycles. The first kappa shape index (κ1) is 17.9. The van der Waals surface area contributed by atoms with Crippen LogP contribution in [0.25, 0.3) is 17.0 Å². The van der Waals surface area contributed by atoms with Gasteiger partial charge in [-0.2, -0.15) is 0 Å². The van der Waals surface area contributed by atoms with Crippen molar-refractivity contribution in [2.75, 3.05) is 5.43 Å². The van der Waals surface area contributed by atoms with Gasteiger partial charge in [-0.05, 0) is 42.8 Å². The van der Waals surface area contributed by atoms with Gasteiger partial charge in [0.15, 0.2) is 0 Å². The molecule has 1 amide bonds. The maximum absolute atomic E-state index is 12.5. The van der Waals surface area contributed by atoms with E-state index >= 15 is 0 Å². The van der Waals surface area contributed by atoms with Gasteiger partial charge in [0.2, 0.25) is 5.95 Å². The summed E-state index contributed by atoms with van der Waals surface area (Å²) in [7, 11) is 0. The second-order valence-corrected chi connectivity index (χ2v) is 6.42. The highest BCUT2D eigenvalue weighted by Gasteiger charge is 2.09. The molecule has 0 unspecified atom stereocenters. The highest BCUT2D eigenvalue weighted by molar-refractivity contribution is 9.10. The first-order chi connectivity index (χ1) is 12.6. The number of para-hydroxylation sites is 1. The van der Waals surface area contributed by atoms with E-state index in [2.05, 4.69) is 31.8 Å². The fourth-order valence-electron chi connectivity index (χ4n) is 2.50. The molecule has 0 spiro atoms. The van der Waals surface area contributed by atoms with Gasteiger partial charge in [-0.25, -0.2) is 4.98 Å². The molecule has 0 aliphatic rings. The van der Waals surface area contributed by atoms with E-state index in [1.807, 2.05) is 37.3 Å². The monoisotopic (exact) mass is 412 g/mol. The third-order valence-corrected chi connectivity index (χ3v) is 4.24. The summed E-state index contributed by atoms with van der Waals surface area (Å²) >= 11 is 3.39. The van der Waals surface area contributed by atoms with Crippen molar-refractivity contribution in [1.82, 2.24) is 15.0 Å². The molecule has 0 saturated carbocycles. The number of hydrogen-bond acceptors (Lipinski definition) is 4. The lowest BCUT2D eigenvalue weighted by Crippen LogP contribution is -2.33. The van der Waals surface area contributed by atoms with Crippen molar-refractivity contribution in [3.05, 3.63) is 75.0 Å². The Hall–Kier alpha value is -2.93. The summed E-state index contributed by atoms with van der Waals surface area (Å²) in [6.45, 7) is 2.28. The topological polar surface area (TPSA) is 76.0 Å². The average Bonchev–Trinajstić information content (AvgIpc) is 2.65. The predicted molar refractivity (Wildman–Crippen MR) is 107 cm³/mol. The Morgan fingerprint density at radius 1 is 1.23 bits per heavy atom. The molecule has 2 aromatic carbocycles. The summed E-state index contributed by atoms with van der Waals surface area (Å²) in [4.78, 5) is 29.0. The SMILES string of the molecule is CCn1c(NNC(=O)/C=C/c2cccc(Br)c2)nc2ccccc2c1=O. The molecular formula is C19H17BrN4O2. The molecule has 0 fully saturated rings. The predicted octanol–water partition coefficient (Wildman–Crippen LogP) is 3.34. The standard InChI is InChI=1S/C19H17BrN4O2/c1-2-24-18(26)15-8-3-4-9-16(15)21-19(24)23-22-17(25)11-10-13-6-5-7-14(20)12-13/h3-12H,2H2,1H3,(H,21,23)(H,22,25)/b11-10+. The molecule has 0 saturated heterocycles. The summed E-state index contributed by atoms with van der Waals surface area (Å²) in [6.07, 6.45) is 3.10. The molecule has 26 heavy (non-hydrogen) atoms. The van der Waals surface area contributed by atoms with Gasteiger partial charge in [0, 0.05) is 17.1 Å². The first-order valence-corrected chi connectivity index (χ1v) is 8.87. The largest absolute Gasteiger partial charge is 0.277 e. The molecule has 3 rings (SSSR count). The Morgan fingerprint density at radius 2 is 2.04 bits per heavy atom. The number of amides is 1. The van der Waals surface area contributed by atoms with Crippen molar-refractivity contribution in [1.29, 1.82) is 0 Å². The number of carbonyl (C=O) groups excluding carboxylic acids is 1. The van der Waals surface area contributed by atoms with Crippen LogP contribution in [0.1, 0.15) is 12.5 Å². The van der Waals surface area contributed by atoms with Crippen LogP contribution in [0.5, 0.6) is 0 Å². The summed E-state index contributed by atoms with van der Waals surface area (Å²) < 4.78 is 2.41. The van der Waals surface area contributed by atoms with Gasteiger partial charge >= 0.3 is 0 Å². The number of anilines is 1. The number of hydrogen-bond donors (Lipinski definition) is 2. The van der Waals surface area contributed by atoms with Crippen molar-refractivity contribution in [2.45, 2.75) is 13.5 Å². The van der Waals surface area contributed by atoms with Crippen LogP contribution in [0.2, 0.25) is 0 Å². The molecule has 0 bridgehead atoms. The maximum Gasteiger partial charge on any atom is 0.262 e. The minimum Gasteiger partial charge on any atom is -0.277 e. The second-order valence-electron chi connectivity index (χ2n) is 5.50. The summed E-state index contributed by atoms with van der Waals surface area (Å²) in [5, 5.41) is 0.542. The number of halogens is 1. The lowest BCUT2D eigenvalue weighted by Gasteiger charge is -2.13. The molecule has 0 atom stereocenters. The smallest absolute Gasteiger partial charge is 0.262 e. The van der Waals surface area contributed by atoms with E-state index in [0.717, 1.165) is 10.0 Å². The summed E-state index contributed by atoms with van der Waals surface area (Å²) in [5.74, 6) is -0.0598. The summed E-state index contributed by atoms with van der Waals surface area (Å²) in [6, 6.07) is 14.7. The molecule has 6 nitrogen and oxygen atoms in total. The van der Waals surface area contributed by atoms with Gasteiger partial charge in [0.25, 0.3) is 11.5 Å². The Bertz CT molecular complexity index is 1040. The van der Waals surface area contributed by atoms with Crippen LogP contribution in [0, 0.1) is 0 Å². The highest BCUT2D eigenvalue weighted by Crippen LogP contribution is 2.13. The van der Waals surface area contributed by atoms with Crippen LogP contribution in [0.4, 0.5) is 5.95 Å². The number of rotatable bonds is 5. The van der Waals surface area contributed by atoms with E-state index in [1.165, 1.54) is 10.6 Å². The zero-order valence-electron chi connectivity index (χ0n) is 14.1. The van der Waals surface area contributed by atoms with Crippen molar-refractivity contribution in [3.8, 4) is 0 Å². The van der Waals surface area contributed by atoms with E-state index in [9.17, 15) is 9.59 Å². The van der Waals surface area contributed by atoms with Gasteiger partial charge in [-0.15, -0.1) is 0 Å². The van der Waals surface area contributed by atoms with Gasteiger partial charge in [0.05, 0.1) is 10.9 Å². The Balaban J connectivity index is 1.77. The molecule has 3 aromatic rings. The van der Waals surface area contributed by atoms with E-state index < -0.39 is 0 Å². The minimum absolute atomic E-state index is 0.153. The Morgan fingerprint density at radius 3 is 2.81 bits per heavy atom. The Labute approximate surface area is 158 Å². The molecule has 0 aliphatic heterocycles. The van der Waals surface area contributed by atoms with Crippen molar-refractivity contribution in [2.24, 2.45) is 0 Å². The molecule has 2 N–H and O–H groups in total. The fourth-order valence-corrected chi connectivity index (χ4v) is 2.92. The normalized spacial score (nSPS) is 11.0. The fraction of sp³-hybridized carbons (Fsp3) is 0.105. The number of carbonyl (C=O) groups is 1. The third kappa shape index (κ3) is 4.00.